The van der Waals surface area contributed by atoms with Gasteiger partial charge in [-0.1, -0.05) is 36.4 Å². The van der Waals surface area contributed by atoms with Crippen LogP contribution in [-0.4, -0.2) is 69.2 Å². The van der Waals surface area contributed by atoms with E-state index in [0.29, 0.717) is 12.1 Å². The zero-order valence-corrected chi connectivity index (χ0v) is 22.8. The van der Waals surface area contributed by atoms with E-state index in [1.54, 1.807) is 18.6 Å². The minimum Gasteiger partial charge on any atom is -0.368 e. The molecular weight excluding hydrogens is 512 g/mol. The molecular formula is C32H30N8O. The molecule has 9 heteroatoms. The number of aromatic amines is 2. The van der Waals surface area contributed by atoms with Crippen LogP contribution in [0.25, 0.3) is 44.5 Å². The van der Waals surface area contributed by atoms with E-state index in [-0.39, 0.29) is 5.91 Å². The number of piperazine rings is 1. The largest absolute Gasteiger partial charge is 0.368 e. The molecule has 0 bridgehead atoms. The highest BCUT2D eigenvalue weighted by Crippen LogP contribution is 2.34. The molecule has 2 aromatic carbocycles. The van der Waals surface area contributed by atoms with Crippen LogP contribution in [0, 0.1) is 0 Å². The Morgan fingerprint density at radius 3 is 2.61 bits per heavy atom. The van der Waals surface area contributed by atoms with Gasteiger partial charge in [0, 0.05) is 59.9 Å². The Morgan fingerprint density at radius 1 is 0.902 bits per heavy atom. The summed E-state index contributed by atoms with van der Waals surface area (Å²) in [6.45, 7) is 4.13. The number of anilines is 2. The molecule has 4 aromatic heterocycles. The molecule has 1 aliphatic heterocycles. The molecule has 0 spiro atoms. The van der Waals surface area contributed by atoms with Gasteiger partial charge in [-0.15, -0.1) is 0 Å². The first-order valence-corrected chi connectivity index (χ1v) is 13.8. The zero-order valence-electron chi connectivity index (χ0n) is 22.8. The van der Waals surface area contributed by atoms with Crippen LogP contribution in [0.5, 0.6) is 0 Å². The van der Waals surface area contributed by atoms with Crippen molar-refractivity contribution in [1.29, 1.82) is 0 Å². The van der Waals surface area contributed by atoms with Crippen molar-refractivity contribution >= 4 is 39.1 Å². The lowest BCUT2D eigenvalue weighted by Gasteiger charge is -2.34. The average molecular weight is 543 g/mol. The van der Waals surface area contributed by atoms with Gasteiger partial charge in [0.05, 0.1) is 41.4 Å². The van der Waals surface area contributed by atoms with Crippen molar-refractivity contribution in [3.8, 4) is 22.6 Å². The summed E-state index contributed by atoms with van der Waals surface area (Å²) in [7, 11) is 2.17. The third-order valence-corrected chi connectivity index (χ3v) is 7.71. The first-order chi connectivity index (χ1) is 20.1. The van der Waals surface area contributed by atoms with E-state index >= 15 is 0 Å². The number of nitrogens with zero attached hydrogens (tertiary/aromatic N) is 5. The molecule has 1 amide bonds. The summed E-state index contributed by atoms with van der Waals surface area (Å²) in [6, 6.07) is 22.2. The standard InChI is InChI=1S/C32H30N8O/c1-39-10-12-40(13-11-39)30-9-5-8-26-24(30)16-28(36-26)32-25-17-27(34-20-29(25)37-38-32)22-15-23(19-33-18-22)35-31(41)14-21-6-3-2-4-7-21/h2-9,15-20,36H,10-14H2,1H3,(H,35,41)(H,37,38). The van der Waals surface area contributed by atoms with Gasteiger partial charge in [0.25, 0.3) is 0 Å². The summed E-state index contributed by atoms with van der Waals surface area (Å²) < 4.78 is 0. The minimum atomic E-state index is -0.0922. The number of pyridine rings is 2. The lowest BCUT2D eigenvalue weighted by molar-refractivity contribution is -0.115. The van der Waals surface area contributed by atoms with Crippen molar-refractivity contribution in [1.82, 2.24) is 30.0 Å². The second-order valence-corrected chi connectivity index (χ2v) is 10.6. The van der Waals surface area contributed by atoms with Crippen molar-refractivity contribution in [2.45, 2.75) is 6.42 Å². The lowest BCUT2D eigenvalue weighted by atomic mass is 10.1. The molecule has 1 aliphatic rings. The third-order valence-electron chi connectivity index (χ3n) is 7.71. The molecule has 6 aromatic rings. The number of rotatable bonds is 6. The minimum absolute atomic E-state index is 0.0922. The molecule has 1 fully saturated rings. The number of aromatic nitrogens is 5. The number of hydrogen-bond donors (Lipinski definition) is 3. The van der Waals surface area contributed by atoms with Gasteiger partial charge in [-0.05, 0) is 42.9 Å². The monoisotopic (exact) mass is 542 g/mol. The number of hydrogen-bond acceptors (Lipinski definition) is 6. The Balaban J connectivity index is 1.18. The molecule has 9 nitrogen and oxygen atoms in total. The molecule has 0 unspecified atom stereocenters. The van der Waals surface area contributed by atoms with E-state index in [9.17, 15) is 4.79 Å². The van der Waals surface area contributed by atoms with Gasteiger partial charge in [-0.2, -0.15) is 5.10 Å². The molecule has 3 N–H and O–H groups in total. The van der Waals surface area contributed by atoms with E-state index in [2.05, 4.69) is 71.6 Å². The zero-order chi connectivity index (χ0) is 27.8. The third kappa shape index (κ3) is 5.03. The quantitative estimate of drug-likeness (QED) is 0.270. The van der Waals surface area contributed by atoms with Gasteiger partial charge < -0.3 is 20.1 Å². The van der Waals surface area contributed by atoms with Gasteiger partial charge >= 0.3 is 0 Å². The first-order valence-electron chi connectivity index (χ1n) is 13.8. The van der Waals surface area contributed by atoms with Crippen LogP contribution in [0.1, 0.15) is 5.56 Å². The first kappa shape index (κ1) is 25.0. The fourth-order valence-electron chi connectivity index (χ4n) is 5.50. The summed E-state index contributed by atoms with van der Waals surface area (Å²) >= 11 is 0. The number of H-pyrrole nitrogens is 2. The van der Waals surface area contributed by atoms with E-state index in [1.807, 2.05) is 42.5 Å². The predicted molar refractivity (Wildman–Crippen MR) is 163 cm³/mol. The Kier molecular flexibility index (Phi) is 6.41. The maximum absolute atomic E-state index is 12.6. The number of fused-ring (bicyclic) bond motifs is 2. The predicted octanol–water partition coefficient (Wildman–Crippen LogP) is 5.10. The van der Waals surface area contributed by atoms with Crippen LogP contribution in [0.4, 0.5) is 11.4 Å². The molecule has 0 aliphatic carbocycles. The summed E-state index contributed by atoms with van der Waals surface area (Å²) in [5.41, 5.74) is 8.12. The second-order valence-electron chi connectivity index (χ2n) is 10.6. The number of amides is 1. The van der Waals surface area contributed by atoms with E-state index in [0.717, 1.165) is 70.8 Å². The van der Waals surface area contributed by atoms with Crippen LogP contribution < -0.4 is 10.2 Å². The van der Waals surface area contributed by atoms with Crippen LogP contribution in [0.15, 0.2) is 85.3 Å². The molecule has 5 heterocycles. The van der Waals surface area contributed by atoms with Crippen molar-refractivity contribution in [2.75, 3.05) is 43.4 Å². The van der Waals surface area contributed by atoms with Gasteiger partial charge in [0.2, 0.25) is 5.91 Å². The summed E-state index contributed by atoms with van der Waals surface area (Å²) in [5.74, 6) is -0.0922. The number of nitrogens with one attached hydrogen (secondary N) is 3. The maximum Gasteiger partial charge on any atom is 0.228 e. The maximum atomic E-state index is 12.6. The SMILES string of the molecule is CN1CCN(c2cccc3[nH]c(-c4n[nH]c5cnc(-c6cncc(NC(=O)Cc7ccccc7)c6)cc45)cc23)CC1. The lowest BCUT2D eigenvalue weighted by Crippen LogP contribution is -2.44. The van der Waals surface area contributed by atoms with E-state index < -0.39 is 0 Å². The molecule has 0 atom stereocenters. The molecule has 0 saturated carbocycles. The summed E-state index contributed by atoms with van der Waals surface area (Å²) in [6.07, 6.45) is 5.50. The molecule has 7 rings (SSSR count). The number of carbonyl (C=O) groups is 1. The van der Waals surface area contributed by atoms with Gasteiger partial charge in [-0.25, -0.2) is 0 Å². The van der Waals surface area contributed by atoms with Gasteiger partial charge in [0.15, 0.2) is 0 Å². The normalized spacial score (nSPS) is 14.1. The van der Waals surface area contributed by atoms with Gasteiger partial charge in [0.1, 0.15) is 5.69 Å². The smallest absolute Gasteiger partial charge is 0.228 e. The number of benzene rings is 2. The molecule has 1 saturated heterocycles. The average Bonchev–Trinajstić information content (AvgIpc) is 3.62. The Labute approximate surface area is 237 Å². The highest BCUT2D eigenvalue weighted by Gasteiger charge is 2.19. The summed E-state index contributed by atoms with van der Waals surface area (Å²) in [4.78, 5) is 30.0. The van der Waals surface area contributed by atoms with Crippen LogP contribution in [0.2, 0.25) is 0 Å². The number of carbonyl (C=O) groups excluding carboxylic acids is 1. The summed E-state index contributed by atoms with van der Waals surface area (Å²) in [5, 5.41) is 12.9. The molecule has 0 radical (unpaired) electrons. The fraction of sp³-hybridized carbons (Fsp3) is 0.188. The van der Waals surface area contributed by atoms with Crippen LogP contribution >= 0.6 is 0 Å². The van der Waals surface area contributed by atoms with Crippen molar-refractivity contribution in [3.63, 3.8) is 0 Å². The van der Waals surface area contributed by atoms with Crippen molar-refractivity contribution in [2.24, 2.45) is 0 Å². The Morgan fingerprint density at radius 2 is 1.76 bits per heavy atom. The molecule has 204 valence electrons. The number of likely N-dealkylation sites (N-methyl/N-ethyl adjacent to an activating group) is 1. The van der Waals surface area contributed by atoms with Crippen molar-refractivity contribution < 1.29 is 4.79 Å². The van der Waals surface area contributed by atoms with Crippen molar-refractivity contribution in [3.05, 3.63) is 90.9 Å². The Hall–Kier alpha value is -5.02. The molecule has 41 heavy (non-hydrogen) atoms. The van der Waals surface area contributed by atoms with Gasteiger partial charge in [-0.3, -0.25) is 19.9 Å². The fourth-order valence-corrected chi connectivity index (χ4v) is 5.50. The van der Waals surface area contributed by atoms with Crippen LogP contribution in [-0.2, 0) is 11.2 Å². The topological polar surface area (TPSA) is 106 Å². The van der Waals surface area contributed by atoms with E-state index in [4.69, 9.17) is 0 Å². The Bertz CT molecular complexity index is 1850. The highest BCUT2D eigenvalue weighted by molar-refractivity contribution is 6.00. The van der Waals surface area contributed by atoms with E-state index in [1.165, 1.54) is 11.1 Å². The second kappa shape index (κ2) is 10.5. The van der Waals surface area contributed by atoms with Crippen LogP contribution in [0.3, 0.4) is 0 Å². The highest BCUT2D eigenvalue weighted by atomic mass is 16.1.